The lowest BCUT2D eigenvalue weighted by atomic mass is 10.1. The van der Waals surface area contributed by atoms with Gasteiger partial charge in [-0.25, -0.2) is 4.79 Å². The van der Waals surface area contributed by atoms with Gasteiger partial charge in [0.1, 0.15) is 5.60 Å². The Morgan fingerprint density at radius 2 is 1.70 bits per heavy atom. The topological polar surface area (TPSA) is 53.1 Å². The van der Waals surface area contributed by atoms with Crippen LogP contribution < -0.4 is 0 Å². The minimum absolute atomic E-state index is 0.113. The van der Waals surface area contributed by atoms with Crippen LogP contribution in [-0.2, 0) is 22.6 Å². The molecule has 1 aromatic carbocycles. The van der Waals surface area contributed by atoms with Crippen LogP contribution in [0.25, 0.3) is 0 Å². The van der Waals surface area contributed by atoms with Gasteiger partial charge in [0, 0.05) is 40.8 Å². The molecule has 0 unspecified atom stereocenters. The molecule has 27 heavy (non-hydrogen) atoms. The van der Waals surface area contributed by atoms with Gasteiger partial charge < -0.3 is 14.5 Å². The first-order valence-electron chi connectivity index (χ1n) is 9.50. The Bertz CT molecular complexity index is 650. The molecule has 2 rings (SSSR count). The molecule has 0 spiro atoms. The SMILES string of the molecule is CN(C)C(=O)[C@H]1CCN(Cc2ccc(CN(C)C(=O)OC(C)(C)C)cc2)C1. The number of carbonyl (C=O) groups excluding carboxylic acids is 2. The van der Waals surface area contributed by atoms with Crippen molar-refractivity contribution >= 4 is 12.0 Å². The van der Waals surface area contributed by atoms with Crippen LogP contribution in [0, 0.1) is 5.92 Å². The predicted octanol–water partition coefficient (Wildman–Crippen LogP) is 2.96. The summed E-state index contributed by atoms with van der Waals surface area (Å²) in [6, 6.07) is 8.29. The summed E-state index contributed by atoms with van der Waals surface area (Å²) in [5, 5.41) is 0. The average Bonchev–Trinajstić information content (AvgIpc) is 3.02. The monoisotopic (exact) mass is 375 g/mol. The molecule has 1 aromatic rings. The molecule has 0 saturated carbocycles. The second-order valence-corrected chi connectivity index (χ2v) is 8.61. The molecule has 0 bridgehead atoms. The first kappa shape index (κ1) is 21.2. The Balaban J connectivity index is 1.85. The van der Waals surface area contributed by atoms with Crippen molar-refractivity contribution < 1.29 is 14.3 Å². The van der Waals surface area contributed by atoms with E-state index >= 15 is 0 Å². The number of benzene rings is 1. The van der Waals surface area contributed by atoms with Crippen LogP contribution in [-0.4, -0.2) is 66.5 Å². The molecule has 0 aliphatic carbocycles. The zero-order valence-corrected chi connectivity index (χ0v) is 17.5. The molecule has 6 heteroatoms. The Morgan fingerprint density at radius 1 is 1.11 bits per heavy atom. The average molecular weight is 376 g/mol. The second kappa shape index (κ2) is 8.74. The molecule has 0 radical (unpaired) electrons. The van der Waals surface area contributed by atoms with E-state index < -0.39 is 5.60 Å². The van der Waals surface area contributed by atoms with Crippen LogP contribution >= 0.6 is 0 Å². The summed E-state index contributed by atoms with van der Waals surface area (Å²) in [6.07, 6.45) is 0.607. The zero-order chi connectivity index (χ0) is 20.2. The van der Waals surface area contributed by atoms with Gasteiger partial charge in [0.2, 0.25) is 5.91 Å². The summed E-state index contributed by atoms with van der Waals surface area (Å²) in [5.74, 6) is 0.333. The Hall–Kier alpha value is -2.08. The number of likely N-dealkylation sites (tertiary alicyclic amines) is 1. The zero-order valence-electron chi connectivity index (χ0n) is 17.5. The molecular formula is C21H33N3O3. The molecule has 1 heterocycles. The number of carbonyl (C=O) groups is 2. The second-order valence-electron chi connectivity index (χ2n) is 8.61. The van der Waals surface area contributed by atoms with E-state index in [2.05, 4.69) is 29.2 Å². The van der Waals surface area contributed by atoms with Crippen LogP contribution in [0.15, 0.2) is 24.3 Å². The lowest BCUT2D eigenvalue weighted by Gasteiger charge is -2.24. The molecule has 0 N–H and O–H groups in total. The lowest BCUT2D eigenvalue weighted by Crippen LogP contribution is -2.33. The van der Waals surface area contributed by atoms with Crippen molar-refractivity contribution in [3.63, 3.8) is 0 Å². The highest BCUT2D eigenvalue weighted by molar-refractivity contribution is 5.78. The van der Waals surface area contributed by atoms with Crippen molar-refractivity contribution in [3.8, 4) is 0 Å². The quantitative estimate of drug-likeness (QED) is 0.794. The van der Waals surface area contributed by atoms with Gasteiger partial charge in [-0.1, -0.05) is 24.3 Å². The fourth-order valence-electron chi connectivity index (χ4n) is 3.23. The van der Waals surface area contributed by atoms with E-state index in [4.69, 9.17) is 4.74 Å². The highest BCUT2D eigenvalue weighted by Gasteiger charge is 2.29. The van der Waals surface area contributed by atoms with Crippen molar-refractivity contribution in [1.29, 1.82) is 0 Å². The maximum absolute atomic E-state index is 12.1. The third kappa shape index (κ3) is 6.54. The van der Waals surface area contributed by atoms with E-state index in [0.29, 0.717) is 6.54 Å². The Kier molecular flexibility index (Phi) is 6.87. The maximum Gasteiger partial charge on any atom is 0.410 e. The molecule has 1 atom stereocenters. The normalized spacial score (nSPS) is 17.6. The summed E-state index contributed by atoms with van der Waals surface area (Å²) in [7, 11) is 5.38. The summed E-state index contributed by atoms with van der Waals surface area (Å²) < 4.78 is 5.38. The van der Waals surface area contributed by atoms with Gasteiger partial charge in [0.15, 0.2) is 0 Å². The summed E-state index contributed by atoms with van der Waals surface area (Å²) in [5.41, 5.74) is 1.79. The highest BCUT2D eigenvalue weighted by atomic mass is 16.6. The van der Waals surface area contributed by atoms with Crippen LogP contribution in [0.2, 0.25) is 0 Å². The van der Waals surface area contributed by atoms with Gasteiger partial charge >= 0.3 is 6.09 Å². The van der Waals surface area contributed by atoms with Gasteiger partial charge in [0.25, 0.3) is 0 Å². The van der Waals surface area contributed by atoms with Crippen LogP contribution in [0.4, 0.5) is 4.79 Å². The van der Waals surface area contributed by atoms with E-state index in [0.717, 1.165) is 31.6 Å². The molecule has 150 valence electrons. The molecule has 6 nitrogen and oxygen atoms in total. The number of amides is 2. The Morgan fingerprint density at radius 3 is 2.26 bits per heavy atom. The smallest absolute Gasteiger partial charge is 0.410 e. The van der Waals surface area contributed by atoms with Crippen molar-refractivity contribution in [2.24, 2.45) is 5.92 Å². The third-order valence-electron chi connectivity index (χ3n) is 4.62. The number of rotatable bonds is 5. The van der Waals surface area contributed by atoms with Crippen molar-refractivity contribution in [2.75, 3.05) is 34.2 Å². The third-order valence-corrected chi connectivity index (χ3v) is 4.62. The standard InChI is InChI=1S/C21H33N3O3/c1-21(2,3)27-20(26)23(6)13-16-7-9-17(10-8-16)14-24-12-11-18(15-24)19(25)22(4)5/h7-10,18H,11-15H2,1-6H3/t18-/m0/s1. The molecule has 1 fully saturated rings. The van der Waals surface area contributed by atoms with Crippen molar-refractivity contribution in [1.82, 2.24) is 14.7 Å². The molecular weight excluding hydrogens is 342 g/mol. The summed E-state index contributed by atoms with van der Waals surface area (Å²) >= 11 is 0. The fraction of sp³-hybridized carbons (Fsp3) is 0.619. The summed E-state index contributed by atoms with van der Waals surface area (Å²) in [4.78, 5) is 29.7. The van der Waals surface area contributed by atoms with Gasteiger partial charge in [-0.2, -0.15) is 0 Å². The van der Waals surface area contributed by atoms with E-state index in [-0.39, 0.29) is 17.9 Å². The minimum Gasteiger partial charge on any atom is -0.444 e. The Labute approximate surface area is 163 Å². The molecule has 0 aromatic heterocycles. The van der Waals surface area contributed by atoms with Crippen molar-refractivity contribution in [3.05, 3.63) is 35.4 Å². The maximum atomic E-state index is 12.1. The van der Waals surface area contributed by atoms with E-state index in [1.165, 1.54) is 5.56 Å². The number of hydrogen-bond donors (Lipinski definition) is 0. The highest BCUT2D eigenvalue weighted by Crippen LogP contribution is 2.20. The van der Waals surface area contributed by atoms with Gasteiger partial charge in [-0.15, -0.1) is 0 Å². The van der Waals surface area contributed by atoms with Gasteiger partial charge in [-0.05, 0) is 44.9 Å². The molecule has 1 aliphatic rings. The first-order valence-corrected chi connectivity index (χ1v) is 9.50. The summed E-state index contributed by atoms with van der Waals surface area (Å²) in [6.45, 7) is 8.72. The number of nitrogens with zero attached hydrogens (tertiary/aromatic N) is 3. The largest absolute Gasteiger partial charge is 0.444 e. The molecule has 1 saturated heterocycles. The van der Waals surface area contributed by atoms with E-state index in [1.54, 1.807) is 16.8 Å². The first-order chi connectivity index (χ1) is 12.5. The van der Waals surface area contributed by atoms with E-state index in [9.17, 15) is 9.59 Å². The molecule has 1 aliphatic heterocycles. The number of hydrogen-bond acceptors (Lipinski definition) is 4. The van der Waals surface area contributed by atoms with Crippen LogP contribution in [0.1, 0.15) is 38.3 Å². The minimum atomic E-state index is -0.489. The van der Waals surface area contributed by atoms with Crippen molar-refractivity contribution in [2.45, 2.75) is 45.9 Å². The molecule has 2 amide bonds. The predicted molar refractivity (Wildman–Crippen MR) is 106 cm³/mol. The van der Waals surface area contributed by atoms with Crippen LogP contribution in [0.3, 0.4) is 0 Å². The lowest BCUT2D eigenvalue weighted by molar-refractivity contribution is -0.132. The van der Waals surface area contributed by atoms with Gasteiger partial charge in [0.05, 0.1) is 5.92 Å². The van der Waals surface area contributed by atoms with E-state index in [1.807, 2.05) is 34.9 Å². The van der Waals surface area contributed by atoms with Gasteiger partial charge in [-0.3, -0.25) is 9.69 Å². The fourth-order valence-corrected chi connectivity index (χ4v) is 3.23. The number of ether oxygens (including phenoxy) is 1. The van der Waals surface area contributed by atoms with Crippen LogP contribution in [0.5, 0.6) is 0 Å².